The summed E-state index contributed by atoms with van der Waals surface area (Å²) in [5.74, 6) is 1.19. The Labute approximate surface area is 102 Å². The van der Waals surface area contributed by atoms with E-state index in [-0.39, 0.29) is 0 Å². The summed E-state index contributed by atoms with van der Waals surface area (Å²) in [5.41, 5.74) is 1.91. The van der Waals surface area contributed by atoms with E-state index in [9.17, 15) is 0 Å². The highest BCUT2D eigenvalue weighted by Gasteiger charge is 2.01. The Hall–Kier alpha value is -0.980. The summed E-state index contributed by atoms with van der Waals surface area (Å²) in [6, 6.07) is 10.4. The molecule has 0 bridgehead atoms. The molecule has 1 aromatic rings. The fraction of sp³-hybridized carbons (Fsp3) is 0.462. The maximum atomic E-state index is 8.78. The van der Waals surface area contributed by atoms with Crippen molar-refractivity contribution < 1.29 is 0 Å². The summed E-state index contributed by atoms with van der Waals surface area (Å²) in [5, 5.41) is 12.2. The molecule has 0 aliphatic carbocycles. The third-order valence-corrected chi connectivity index (χ3v) is 3.11. The Balaban J connectivity index is 2.39. The summed E-state index contributed by atoms with van der Waals surface area (Å²) in [6.45, 7) is 3.04. The fourth-order valence-corrected chi connectivity index (χ4v) is 2.03. The Morgan fingerprint density at radius 1 is 1.50 bits per heavy atom. The smallest absolute Gasteiger partial charge is 0.0991 e. The van der Waals surface area contributed by atoms with Crippen molar-refractivity contribution in [1.29, 1.82) is 5.26 Å². The lowest BCUT2D eigenvalue weighted by molar-refractivity contribution is 0.537. The molecule has 2 nitrogen and oxygen atoms in total. The first-order valence-corrected chi connectivity index (χ1v) is 6.87. The second kappa shape index (κ2) is 7.32. The van der Waals surface area contributed by atoms with Crippen LogP contribution in [0, 0.1) is 11.3 Å². The number of thioether (sulfide) groups is 1. The number of nitrogens with one attached hydrogen (secondary N) is 1. The van der Waals surface area contributed by atoms with E-state index in [1.54, 1.807) is 0 Å². The van der Waals surface area contributed by atoms with Crippen molar-refractivity contribution >= 4 is 11.8 Å². The summed E-state index contributed by atoms with van der Waals surface area (Å²) in [4.78, 5) is 0. The highest BCUT2D eigenvalue weighted by molar-refractivity contribution is 7.98. The van der Waals surface area contributed by atoms with Crippen LogP contribution < -0.4 is 5.32 Å². The molecule has 16 heavy (non-hydrogen) atoms. The second-order valence-corrected chi connectivity index (χ2v) is 4.86. The zero-order valence-corrected chi connectivity index (χ0v) is 10.7. The van der Waals surface area contributed by atoms with Gasteiger partial charge >= 0.3 is 0 Å². The molecule has 1 atom stereocenters. The van der Waals surface area contributed by atoms with Gasteiger partial charge in [0.2, 0.25) is 0 Å². The summed E-state index contributed by atoms with van der Waals surface area (Å²) < 4.78 is 0. The predicted octanol–water partition coefficient (Wildman–Crippen LogP) is 2.79. The van der Waals surface area contributed by atoms with Crippen LogP contribution in [0.3, 0.4) is 0 Å². The maximum absolute atomic E-state index is 8.78. The third-order valence-electron chi connectivity index (χ3n) is 2.47. The van der Waals surface area contributed by atoms with Crippen LogP contribution in [-0.2, 0) is 6.54 Å². The lowest BCUT2D eigenvalue weighted by atomic mass is 10.1. The summed E-state index contributed by atoms with van der Waals surface area (Å²) in [6.07, 6.45) is 3.31. The zero-order valence-electron chi connectivity index (χ0n) is 9.86. The standard InChI is InChI=1S/C13H18N2S/c1-11(6-7-16-2)15-10-13-5-3-4-12(8-13)9-14/h3-5,8,11,15H,6-7,10H2,1-2H3. The van der Waals surface area contributed by atoms with Gasteiger partial charge in [-0.1, -0.05) is 12.1 Å². The van der Waals surface area contributed by atoms with Crippen molar-refractivity contribution in [2.75, 3.05) is 12.0 Å². The van der Waals surface area contributed by atoms with E-state index in [2.05, 4.69) is 30.6 Å². The van der Waals surface area contributed by atoms with Gasteiger partial charge in [-0.25, -0.2) is 0 Å². The maximum Gasteiger partial charge on any atom is 0.0991 e. The molecule has 0 aromatic heterocycles. The minimum absolute atomic E-state index is 0.526. The van der Waals surface area contributed by atoms with Gasteiger partial charge in [-0.05, 0) is 43.0 Å². The SMILES string of the molecule is CSCCC(C)NCc1cccc(C#N)c1. The summed E-state index contributed by atoms with van der Waals surface area (Å²) >= 11 is 1.87. The summed E-state index contributed by atoms with van der Waals surface area (Å²) in [7, 11) is 0. The monoisotopic (exact) mass is 234 g/mol. The van der Waals surface area contributed by atoms with E-state index in [1.165, 1.54) is 17.7 Å². The average molecular weight is 234 g/mol. The van der Waals surface area contributed by atoms with Gasteiger partial charge in [-0.2, -0.15) is 17.0 Å². The highest BCUT2D eigenvalue weighted by Crippen LogP contribution is 2.05. The number of hydrogen-bond acceptors (Lipinski definition) is 3. The van der Waals surface area contributed by atoms with E-state index in [1.807, 2.05) is 30.0 Å². The molecule has 0 radical (unpaired) electrons. The normalized spacial score (nSPS) is 12.1. The Morgan fingerprint density at radius 3 is 3.00 bits per heavy atom. The number of nitrogens with zero attached hydrogens (tertiary/aromatic N) is 1. The van der Waals surface area contributed by atoms with Crippen LogP contribution in [0.5, 0.6) is 0 Å². The van der Waals surface area contributed by atoms with Crippen LogP contribution in [0.2, 0.25) is 0 Å². The van der Waals surface area contributed by atoms with Crippen LogP contribution in [0.15, 0.2) is 24.3 Å². The minimum Gasteiger partial charge on any atom is -0.310 e. The molecular weight excluding hydrogens is 216 g/mol. The number of rotatable bonds is 6. The van der Waals surface area contributed by atoms with E-state index < -0.39 is 0 Å². The second-order valence-electron chi connectivity index (χ2n) is 3.88. The minimum atomic E-state index is 0.526. The van der Waals surface area contributed by atoms with Crippen molar-refractivity contribution in [1.82, 2.24) is 5.32 Å². The molecule has 0 spiro atoms. The molecule has 0 saturated carbocycles. The molecule has 1 aromatic carbocycles. The van der Waals surface area contributed by atoms with Gasteiger partial charge in [0.1, 0.15) is 0 Å². The van der Waals surface area contributed by atoms with Gasteiger partial charge < -0.3 is 5.32 Å². The number of benzene rings is 1. The van der Waals surface area contributed by atoms with Gasteiger partial charge in [0.25, 0.3) is 0 Å². The highest BCUT2D eigenvalue weighted by atomic mass is 32.2. The molecule has 0 fully saturated rings. The molecule has 1 rings (SSSR count). The van der Waals surface area contributed by atoms with E-state index >= 15 is 0 Å². The molecule has 0 heterocycles. The van der Waals surface area contributed by atoms with Crippen molar-refractivity contribution in [2.24, 2.45) is 0 Å². The van der Waals surface area contributed by atoms with E-state index in [4.69, 9.17) is 5.26 Å². The average Bonchev–Trinajstić information content (AvgIpc) is 2.34. The van der Waals surface area contributed by atoms with Crippen LogP contribution in [0.4, 0.5) is 0 Å². The molecule has 0 aliphatic heterocycles. The zero-order chi connectivity index (χ0) is 11.8. The van der Waals surface area contributed by atoms with Gasteiger partial charge in [0.15, 0.2) is 0 Å². The first kappa shape index (κ1) is 13.1. The molecular formula is C13H18N2S. The number of nitriles is 1. The molecule has 1 N–H and O–H groups in total. The van der Waals surface area contributed by atoms with Crippen molar-refractivity contribution in [3.63, 3.8) is 0 Å². The Bertz CT molecular complexity index is 357. The van der Waals surface area contributed by atoms with E-state index in [0.29, 0.717) is 6.04 Å². The molecule has 0 saturated heterocycles. The largest absolute Gasteiger partial charge is 0.310 e. The van der Waals surface area contributed by atoms with Crippen molar-refractivity contribution in [2.45, 2.75) is 25.9 Å². The molecule has 86 valence electrons. The lowest BCUT2D eigenvalue weighted by Gasteiger charge is -2.13. The van der Waals surface area contributed by atoms with Gasteiger partial charge in [-0.3, -0.25) is 0 Å². The third kappa shape index (κ3) is 4.69. The quantitative estimate of drug-likeness (QED) is 0.822. The van der Waals surface area contributed by atoms with Gasteiger partial charge in [0, 0.05) is 12.6 Å². The molecule has 0 aliphatic rings. The van der Waals surface area contributed by atoms with Crippen LogP contribution >= 0.6 is 11.8 Å². The van der Waals surface area contributed by atoms with Gasteiger partial charge in [-0.15, -0.1) is 0 Å². The van der Waals surface area contributed by atoms with E-state index in [0.717, 1.165) is 12.1 Å². The molecule has 1 unspecified atom stereocenters. The number of hydrogen-bond donors (Lipinski definition) is 1. The first-order valence-electron chi connectivity index (χ1n) is 5.47. The van der Waals surface area contributed by atoms with Crippen LogP contribution in [-0.4, -0.2) is 18.1 Å². The van der Waals surface area contributed by atoms with Crippen LogP contribution in [0.1, 0.15) is 24.5 Å². The predicted molar refractivity (Wildman–Crippen MR) is 70.5 cm³/mol. The topological polar surface area (TPSA) is 35.8 Å². The molecule has 3 heteroatoms. The lowest BCUT2D eigenvalue weighted by Crippen LogP contribution is -2.25. The van der Waals surface area contributed by atoms with Crippen molar-refractivity contribution in [3.8, 4) is 6.07 Å². The van der Waals surface area contributed by atoms with Crippen LogP contribution in [0.25, 0.3) is 0 Å². The fourth-order valence-electron chi connectivity index (χ4n) is 1.44. The Kier molecular flexibility index (Phi) is 5.99. The molecule has 0 amide bonds. The Morgan fingerprint density at radius 2 is 2.31 bits per heavy atom. The first-order chi connectivity index (χ1) is 7.76. The van der Waals surface area contributed by atoms with Gasteiger partial charge in [0.05, 0.1) is 11.6 Å². The van der Waals surface area contributed by atoms with Crippen molar-refractivity contribution in [3.05, 3.63) is 35.4 Å².